The highest BCUT2D eigenvalue weighted by Gasteiger charge is 2.11. The SMILES string of the molecule is O=C(O)c1ccccc1Nc1ccnc(NCCN2CCOCC2)n1. The lowest BCUT2D eigenvalue weighted by molar-refractivity contribution is 0.0398. The predicted molar refractivity (Wildman–Crippen MR) is 94.5 cm³/mol. The van der Waals surface area contributed by atoms with Crippen molar-refractivity contribution in [1.29, 1.82) is 0 Å². The zero-order chi connectivity index (χ0) is 17.5. The molecule has 0 spiro atoms. The Morgan fingerprint density at radius 2 is 2.04 bits per heavy atom. The van der Waals surface area contributed by atoms with Crippen molar-refractivity contribution in [2.75, 3.05) is 50.0 Å². The summed E-state index contributed by atoms with van der Waals surface area (Å²) in [6, 6.07) is 8.42. The first-order valence-electron chi connectivity index (χ1n) is 8.19. The molecule has 1 saturated heterocycles. The molecule has 1 aliphatic heterocycles. The van der Waals surface area contributed by atoms with Crippen LogP contribution in [-0.4, -0.2) is 65.3 Å². The maximum Gasteiger partial charge on any atom is 0.337 e. The lowest BCUT2D eigenvalue weighted by Gasteiger charge is -2.26. The fourth-order valence-electron chi connectivity index (χ4n) is 2.58. The van der Waals surface area contributed by atoms with E-state index < -0.39 is 5.97 Å². The molecule has 0 atom stereocenters. The van der Waals surface area contributed by atoms with Gasteiger partial charge in [-0.1, -0.05) is 12.1 Å². The van der Waals surface area contributed by atoms with Gasteiger partial charge in [-0.15, -0.1) is 0 Å². The second-order valence-corrected chi connectivity index (χ2v) is 5.62. The summed E-state index contributed by atoms with van der Waals surface area (Å²) >= 11 is 0. The van der Waals surface area contributed by atoms with Gasteiger partial charge in [-0.3, -0.25) is 4.90 Å². The zero-order valence-electron chi connectivity index (χ0n) is 13.8. The van der Waals surface area contributed by atoms with Gasteiger partial charge < -0.3 is 20.5 Å². The van der Waals surface area contributed by atoms with Crippen molar-refractivity contribution >= 4 is 23.4 Å². The summed E-state index contributed by atoms with van der Waals surface area (Å²) in [4.78, 5) is 22.2. The van der Waals surface area contributed by atoms with Gasteiger partial charge in [0.1, 0.15) is 5.82 Å². The summed E-state index contributed by atoms with van der Waals surface area (Å²) in [5, 5.41) is 15.5. The summed E-state index contributed by atoms with van der Waals surface area (Å²) in [5.74, 6) is 0.0599. The summed E-state index contributed by atoms with van der Waals surface area (Å²) in [6.45, 7) is 5.06. The van der Waals surface area contributed by atoms with E-state index in [9.17, 15) is 9.90 Å². The zero-order valence-corrected chi connectivity index (χ0v) is 13.8. The van der Waals surface area contributed by atoms with Gasteiger partial charge in [0.2, 0.25) is 5.95 Å². The molecule has 1 aromatic carbocycles. The lowest BCUT2D eigenvalue weighted by atomic mass is 10.2. The van der Waals surface area contributed by atoms with Gasteiger partial charge in [0.05, 0.1) is 24.5 Å². The van der Waals surface area contributed by atoms with Crippen LogP contribution in [0.3, 0.4) is 0 Å². The highest BCUT2D eigenvalue weighted by molar-refractivity contribution is 5.94. The van der Waals surface area contributed by atoms with Crippen LogP contribution in [0.5, 0.6) is 0 Å². The lowest BCUT2D eigenvalue weighted by Crippen LogP contribution is -2.39. The number of hydrogen-bond acceptors (Lipinski definition) is 7. The van der Waals surface area contributed by atoms with Gasteiger partial charge in [-0.25, -0.2) is 9.78 Å². The Balaban J connectivity index is 1.59. The van der Waals surface area contributed by atoms with Crippen molar-refractivity contribution in [3.63, 3.8) is 0 Å². The van der Waals surface area contributed by atoms with Crippen molar-refractivity contribution in [2.45, 2.75) is 0 Å². The van der Waals surface area contributed by atoms with E-state index in [4.69, 9.17) is 4.74 Å². The molecule has 0 saturated carbocycles. The summed E-state index contributed by atoms with van der Waals surface area (Å²) in [5.41, 5.74) is 0.691. The van der Waals surface area contributed by atoms with Gasteiger partial charge in [0.25, 0.3) is 0 Å². The predicted octanol–water partition coefficient (Wildman–Crippen LogP) is 1.66. The largest absolute Gasteiger partial charge is 0.478 e. The van der Waals surface area contributed by atoms with E-state index in [1.807, 2.05) is 0 Å². The highest BCUT2D eigenvalue weighted by atomic mass is 16.5. The number of aromatic nitrogens is 2. The Morgan fingerprint density at radius 1 is 1.24 bits per heavy atom. The average Bonchev–Trinajstić information content (AvgIpc) is 2.63. The third kappa shape index (κ3) is 4.88. The van der Waals surface area contributed by atoms with Crippen molar-refractivity contribution in [3.8, 4) is 0 Å². The first-order chi connectivity index (χ1) is 12.2. The summed E-state index contributed by atoms with van der Waals surface area (Å²) in [7, 11) is 0. The van der Waals surface area contributed by atoms with Gasteiger partial charge in [0.15, 0.2) is 0 Å². The Kier molecular flexibility index (Phi) is 5.76. The van der Waals surface area contributed by atoms with Gasteiger partial charge >= 0.3 is 5.97 Å². The molecule has 1 aliphatic rings. The maximum absolute atomic E-state index is 11.3. The molecule has 3 rings (SSSR count). The number of carboxylic acid groups (broad SMARTS) is 1. The van der Waals surface area contributed by atoms with Crippen LogP contribution in [0.25, 0.3) is 0 Å². The number of nitrogens with zero attached hydrogens (tertiary/aromatic N) is 3. The first-order valence-corrected chi connectivity index (χ1v) is 8.19. The van der Waals surface area contributed by atoms with Crippen LogP contribution in [0.1, 0.15) is 10.4 Å². The first kappa shape index (κ1) is 17.1. The normalized spacial score (nSPS) is 14.9. The number of ether oxygens (including phenoxy) is 1. The molecule has 1 fully saturated rings. The number of morpholine rings is 1. The second-order valence-electron chi connectivity index (χ2n) is 5.62. The molecule has 2 heterocycles. The van der Waals surface area contributed by atoms with Crippen LogP contribution in [0, 0.1) is 0 Å². The van der Waals surface area contributed by atoms with Crippen LogP contribution in [0.2, 0.25) is 0 Å². The Labute approximate surface area is 145 Å². The van der Waals surface area contributed by atoms with E-state index in [1.54, 1.807) is 36.5 Å². The Bertz CT molecular complexity index is 719. The number of aromatic carboxylic acids is 1. The number of rotatable bonds is 7. The van der Waals surface area contributed by atoms with Gasteiger partial charge in [0, 0.05) is 32.4 Å². The minimum atomic E-state index is -0.985. The molecule has 8 heteroatoms. The topological polar surface area (TPSA) is 99.6 Å². The fraction of sp³-hybridized carbons (Fsp3) is 0.353. The maximum atomic E-state index is 11.3. The van der Waals surface area contributed by atoms with E-state index in [0.29, 0.717) is 17.5 Å². The molecule has 132 valence electrons. The van der Waals surface area contributed by atoms with Crippen LogP contribution in [0.4, 0.5) is 17.5 Å². The fourth-order valence-corrected chi connectivity index (χ4v) is 2.58. The number of anilines is 3. The number of para-hydroxylation sites is 1. The van der Waals surface area contributed by atoms with Crippen LogP contribution in [0.15, 0.2) is 36.5 Å². The number of nitrogens with one attached hydrogen (secondary N) is 2. The van der Waals surface area contributed by atoms with Crippen molar-refractivity contribution in [1.82, 2.24) is 14.9 Å². The third-order valence-electron chi connectivity index (χ3n) is 3.89. The Hall–Kier alpha value is -2.71. The van der Waals surface area contributed by atoms with Crippen molar-refractivity contribution in [2.24, 2.45) is 0 Å². The van der Waals surface area contributed by atoms with Crippen LogP contribution in [-0.2, 0) is 4.74 Å². The standard InChI is InChI=1S/C17H21N5O3/c23-16(24)13-3-1-2-4-14(13)20-15-5-6-18-17(21-15)19-7-8-22-9-11-25-12-10-22/h1-6H,7-12H2,(H,23,24)(H2,18,19,20,21). The molecule has 0 bridgehead atoms. The molecule has 25 heavy (non-hydrogen) atoms. The van der Waals surface area contributed by atoms with Crippen LogP contribution < -0.4 is 10.6 Å². The molecule has 3 N–H and O–H groups in total. The van der Waals surface area contributed by atoms with Crippen molar-refractivity contribution in [3.05, 3.63) is 42.1 Å². The summed E-state index contributed by atoms with van der Waals surface area (Å²) in [6.07, 6.45) is 1.63. The molecule has 8 nitrogen and oxygen atoms in total. The number of carboxylic acids is 1. The highest BCUT2D eigenvalue weighted by Crippen LogP contribution is 2.19. The molecule has 2 aromatic rings. The van der Waals surface area contributed by atoms with Gasteiger partial charge in [-0.2, -0.15) is 4.98 Å². The smallest absolute Gasteiger partial charge is 0.337 e. The molecule has 0 aliphatic carbocycles. The van der Waals surface area contributed by atoms with E-state index >= 15 is 0 Å². The molecule has 0 unspecified atom stereocenters. The summed E-state index contributed by atoms with van der Waals surface area (Å²) < 4.78 is 5.33. The second kappa shape index (κ2) is 8.41. The number of benzene rings is 1. The number of hydrogen-bond donors (Lipinski definition) is 3. The molecular formula is C17H21N5O3. The van der Waals surface area contributed by atoms with E-state index in [2.05, 4.69) is 25.5 Å². The Morgan fingerprint density at radius 3 is 2.84 bits per heavy atom. The van der Waals surface area contributed by atoms with Crippen molar-refractivity contribution < 1.29 is 14.6 Å². The quantitative estimate of drug-likeness (QED) is 0.698. The molecular weight excluding hydrogens is 322 g/mol. The van der Waals surface area contributed by atoms with Crippen LogP contribution >= 0.6 is 0 Å². The minimum Gasteiger partial charge on any atom is -0.478 e. The molecule has 0 radical (unpaired) electrons. The van der Waals surface area contributed by atoms with E-state index in [1.165, 1.54) is 0 Å². The van der Waals surface area contributed by atoms with Gasteiger partial charge in [-0.05, 0) is 18.2 Å². The average molecular weight is 343 g/mol. The monoisotopic (exact) mass is 343 g/mol. The molecule has 0 amide bonds. The third-order valence-corrected chi connectivity index (χ3v) is 3.89. The minimum absolute atomic E-state index is 0.197. The van der Waals surface area contributed by atoms with E-state index in [-0.39, 0.29) is 5.56 Å². The molecule has 1 aromatic heterocycles. The number of carbonyl (C=O) groups is 1. The van der Waals surface area contributed by atoms with E-state index in [0.717, 1.165) is 39.4 Å².